The molecule has 12 heavy (non-hydrogen) atoms. The van der Waals surface area contributed by atoms with Gasteiger partial charge in [-0.3, -0.25) is 0 Å². The molecule has 0 spiro atoms. The molecule has 3 nitrogen and oxygen atoms in total. The van der Waals surface area contributed by atoms with E-state index in [1.54, 1.807) is 0 Å². The first-order valence-corrected chi connectivity index (χ1v) is 5.43. The highest BCUT2D eigenvalue weighted by molar-refractivity contribution is 14.1. The zero-order valence-electron chi connectivity index (χ0n) is 6.79. The second-order valence-corrected chi connectivity index (χ2v) is 4.15. The van der Waals surface area contributed by atoms with Gasteiger partial charge >= 0.3 is 0 Å². The minimum Gasteiger partial charge on any atom is -0.416 e. The molecule has 1 aliphatic carbocycles. The first-order valence-electron chi connectivity index (χ1n) is 4.35. The van der Waals surface area contributed by atoms with Gasteiger partial charge in [-0.1, -0.05) is 19.3 Å². The second kappa shape index (κ2) is 3.72. The van der Waals surface area contributed by atoms with E-state index >= 15 is 0 Å². The maximum absolute atomic E-state index is 5.39. The van der Waals surface area contributed by atoms with Crippen molar-refractivity contribution in [1.29, 1.82) is 0 Å². The molecule has 1 fully saturated rings. The van der Waals surface area contributed by atoms with Gasteiger partial charge in [0, 0.05) is 28.5 Å². The van der Waals surface area contributed by atoms with Gasteiger partial charge in [-0.2, -0.15) is 0 Å². The highest BCUT2D eigenvalue weighted by Gasteiger charge is 2.20. The van der Waals surface area contributed by atoms with Gasteiger partial charge in [0.15, 0.2) is 0 Å². The average Bonchev–Trinajstić information content (AvgIpc) is 2.54. The minimum absolute atomic E-state index is 0.537. The summed E-state index contributed by atoms with van der Waals surface area (Å²) in [6, 6.07) is 0. The molecular formula is C8H11IN2O. The van der Waals surface area contributed by atoms with Crippen LogP contribution in [-0.4, -0.2) is 10.2 Å². The summed E-state index contributed by atoms with van der Waals surface area (Å²) in [5, 5.41) is 7.88. The predicted molar refractivity (Wildman–Crippen MR) is 52.8 cm³/mol. The number of rotatable bonds is 1. The fraction of sp³-hybridized carbons (Fsp3) is 0.750. The van der Waals surface area contributed by atoms with Crippen molar-refractivity contribution in [2.75, 3.05) is 0 Å². The molecule has 1 aromatic heterocycles. The van der Waals surface area contributed by atoms with Crippen LogP contribution in [0.25, 0.3) is 0 Å². The molecule has 66 valence electrons. The summed E-state index contributed by atoms with van der Waals surface area (Å²) in [6.45, 7) is 0. The summed E-state index contributed by atoms with van der Waals surface area (Å²) < 4.78 is 6.05. The van der Waals surface area contributed by atoms with Crippen molar-refractivity contribution in [2.24, 2.45) is 0 Å². The Morgan fingerprint density at radius 1 is 1.17 bits per heavy atom. The van der Waals surface area contributed by atoms with Crippen molar-refractivity contribution >= 4 is 22.6 Å². The monoisotopic (exact) mass is 278 g/mol. The summed E-state index contributed by atoms with van der Waals surface area (Å²) in [5.41, 5.74) is 0. The van der Waals surface area contributed by atoms with Crippen LogP contribution in [0.15, 0.2) is 4.42 Å². The van der Waals surface area contributed by atoms with Crippen molar-refractivity contribution < 1.29 is 4.42 Å². The van der Waals surface area contributed by atoms with Gasteiger partial charge in [0.25, 0.3) is 3.90 Å². The van der Waals surface area contributed by atoms with Crippen molar-refractivity contribution in [2.45, 2.75) is 38.0 Å². The lowest BCUT2D eigenvalue weighted by Gasteiger charge is -2.17. The molecular weight excluding hydrogens is 267 g/mol. The van der Waals surface area contributed by atoms with Crippen molar-refractivity contribution in [1.82, 2.24) is 10.2 Å². The van der Waals surface area contributed by atoms with Crippen LogP contribution < -0.4 is 0 Å². The zero-order chi connectivity index (χ0) is 8.39. The lowest BCUT2D eigenvalue weighted by atomic mass is 9.89. The molecule has 1 aliphatic rings. The summed E-state index contributed by atoms with van der Waals surface area (Å²) >= 11 is 2.06. The molecule has 1 aromatic rings. The number of hydrogen-bond donors (Lipinski definition) is 0. The molecule has 0 saturated heterocycles. The molecule has 0 amide bonds. The molecule has 0 radical (unpaired) electrons. The van der Waals surface area contributed by atoms with E-state index in [2.05, 4.69) is 32.8 Å². The van der Waals surface area contributed by atoms with Crippen molar-refractivity contribution in [3.05, 3.63) is 9.79 Å². The number of hydrogen-bond acceptors (Lipinski definition) is 3. The van der Waals surface area contributed by atoms with Crippen LogP contribution in [0.5, 0.6) is 0 Å². The van der Waals surface area contributed by atoms with Crippen LogP contribution in [0.3, 0.4) is 0 Å². The zero-order valence-corrected chi connectivity index (χ0v) is 8.95. The number of halogens is 1. The Kier molecular flexibility index (Phi) is 2.63. The molecule has 1 heterocycles. The summed E-state index contributed by atoms with van der Waals surface area (Å²) in [4.78, 5) is 0. The van der Waals surface area contributed by atoms with E-state index in [0.29, 0.717) is 9.82 Å². The van der Waals surface area contributed by atoms with Gasteiger partial charge in [-0.25, -0.2) is 0 Å². The molecule has 1 saturated carbocycles. The fourth-order valence-electron chi connectivity index (χ4n) is 1.73. The van der Waals surface area contributed by atoms with Crippen LogP contribution in [0.4, 0.5) is 0 Å². The average molecular weight is 278 g/mol. The molecule has 0 bridgehead atoms. The third-order valence-electron chi connectivity index (χ3n) is 2.37. The van der Waals surface area contributed by atoms with Crippen LogP contribution in [-0.2, 0) is 0 Å². The predicted octanol–water partition coefficient (Wildman–Crippen LogP) is 2.72. The molecule has 0 atom stereocenters. The van der Waals surface area contributed by atoms with Crippen LogP contribution in [0.1, 0.15) is 43.9 Å². The second-order valence-electron chi connectivity index (χ2n) is 3.23. The first-order chi connectivity index (χ1) is 5.86. The SMILES string of the molecule is Ic1nnc(C2CCCCC2)o1. The van der Waals surface area contributed by atoms with Gasteiger partial charge in [0.2, 0.25) is 5.89 Å². The van der Waals surface area contributed by atoms with Gasteiger partial charge in [0.05, 0.1) is 0 Å². The Morgan fingerprint density at radius 2 is 1.92 bits per heavy atom. The molecule has 0 aromatic carbocycles. The largest absolute Gasteiger partial charge is 0.416 e. The van der Waals surface area contributed by atoms with E-state index in [1.807, 2.05) is 0 Å². The van der Waals surface area contributed by atoms with E-state index in [4.69, 9.17) is 4.42 Å². The van der Waals surface area contributed by atoms with Crippen molar-refractivity contribution in [3.8, 4) is 0 Å². The lowest BCUT2D eigenvalue weighted by molar-refractivity contribution is 0.356. The Labute approximate surface area is 85.1 Å². The number of aromatic nitrogens is 2. The van der Waals surface area contributed by atoms with E-state index in [9.17, 15) is 0 Å². The standard InChI is InChI=1S/C8H11IN2O/c9-8-11-10-7(12-8)6-4-2-1-3-5-6/h6H,1-5H2. The van der Waals surface area contributed by atoms with Gasteiger partial charge < -0.3 is 4.42 Å². The summed E-state index contributed by atoms with van der Waals surface area (Å²) in [7, 11) is 0. The molecule has 4 heteroatoms. The van der Waals surface area contributed by atoms with Crippen LogP contribution >= 0.6 is 22.6 Å². The fourth-order valence-corrected chi connectivity index (χ4v) is 2.06. The van der Waals surface area contributed by atoms with Gasteiger partial charge in [0.1, 0.15) is 0 Å². The maximum atomic E-state index is 5.39. The highest BCUT2D eigenvalue weighted by Crippen LogP contribution is 2.31. The Hall–Kier alpha value is -0.130. The maximum Gasteiger partial charge on any atom is 0.278 e. The summed E-state index contributed by atoms with van der Waals surface area (Å²) in [5.74, 6) is 1.38. The first kappa shape index (κ1) is 8.47. The molecule has 0 N–H and O–H groups in total. The highest BCUT2D eigenvalue weighted by atomic mass is 127. The van der Waals surface area contributed by atoms with E-state index in [0.717, 1.165) is 5.89 Å². The molecule has 0 unspecified atom stereocenters. The minimum atomic E-state index is 0.537. The lowest BCUT2D eigenvalue weighted by Crippen LogP contribution is -2.04. The summed E-state index contributed by atoms with van der Waals surface area (Å²) in [6.07, 6.45) is 6.42. The molecule has 2 rings (SSSR count). The normalized spacial score (nSPS) is 19.8. The topological polar surface area (TPSA) is 38.9 Å². The van der Waals surface area contributed by atoms with Crippen molar-refractivity contribution in [3.63, 3.8) is 0 Å². The van der Waals surface area contributed by atoms with E-state index in [-0.39, 0.29) is 0 Å². The Bertz CT molecular complexity index is 255. The van der Waals surface area contributed by atoms with Crippen LogP contribution in [0, 0.1) is 3.90 Å². The van der Waals surface area contributed by atoms with Gasteiger partial charge in [-0.05, 0) is 12.8 Å². The van der Waals surface area contributed by atoms with Gasteiger partial charge in [-0.15, -0.1) is 10.2 Å². The Morgan fingerprint density at radius 3 is 2.50 bits per heavy atom. The third-order valence-corrected chi connectivity index (χ3v) is 2.81. The van der Waals surface area contributed by atoms with E-state index in [1.165, 1.54) is 32.1 Å². The smallest absolute Gasteiger partial charge is 0.278 e. The molecule has 0 aliphatic heterocycles. The third kappa shape index (κ3) is 1.78. The Balaban J connectivity index is 2.08. The van der Waals surface area contributed by atoms with Crippen LogP contribution in [0.2, 0.25) is 0 Å². The quantitative estimate of drug-likeness (QED) is 0.741. The number of nitrogens with zero attached hydrogens (tertiary/aromatic N) is 2. The van der Waals surface area contributed by atoms with E-state index < -0.39 is 0 Å².